The van der Waals surface area contributed by atoms with Gasteiger partial charge in [-0.3, -0.25) is 19.2 Å². The normalized spacial score (nSPS) is 15.2. The number of unbranched alkanes of at least 4 members (excludes halogenated alkanes) is 1. The number of alkyl halides is 2. The minimum absolute atomic E-state index is 0.00349. The lowest BCUT2D eigenvalue weighted by Gasteiger charge is -2.30. The molecule has 0 bridgehead atoms. The maximum Gasteiger partial charge on any atom is 0.408 e. The first-order valence-electron chi connectivity index (χ1n) is 16.0. The summed E-state index contributed by atoms with van der Waals surface area (Å²) in [5.41, 5.74) is -0.781. The van der Waals surface area contributed by atoms with Crippen LogP contribution in [0.1, 0.15) is 68.7 Å². The number of hydrogen-bond acceptors (Lipinski definition) is 7. The second-order valence-electron chi connectivity index (χ2n) is 11.8. The molecule has 4 atom stereocenters. The van der Waals surface area contributed by atoms with E-state index in [1.54, 1.807) is 12.1 Å². The Kier molecular flexibility index (Phi) is 12.9. The number of esters is 1. The van der Waals surface area contributed by atoms with Crippen molar-refractivity contribution >= 4 is 35.5 Å². The molecule has 0 spiro atoms. The molecule has 262 valence electrons. The molecule has 0 aliphatic heterocycles. The molecule has 1 aliphatic rings. The second-order valence-corrected chi connectivity index (χ2v) is 12.3. The number of carbonyl (C=O) groups is 4. The second kappa shape index (κ2) is 17.0. The van der Waals surface area contributed by atoms with Crippen molar-refractivity contribution < 1.29 is 37.4 Å². The third-order valence-corrected chi connectivity index (χ3v) is 8.06. The fourth-order valence-corrected chi connectivity index (χ4v) is 5.36. The molecular weight excluding hydrogens is 662 g/mol. The van der Waals surface area contributed by atoms with Crippen LogP contribution in [0.3, 0.4) is 0 Å². The van der Waals surface area contributed by atoms with Gasteiger partial charge < -0.3 is 30.4 Å². The molecule has 14 heteroatoms. The number of hydrogen-bond donors (Lipinski definition) is 4. The number of halogens is 3. The van der Waals surface area contributed by atoms with E-state index in [1.807, 2.05) is 6.92 Å². The number of nitrogens with one attached hydrogen (secondary N) is 4. The van der Waals surface area contributed by atoms with Crippen LogP contribution in [0.5, 0.6) is 0 Å². The Morgan fingerprint density at radius 1 is 0.980 bits per heavy atom. The lowest BCUT2D eigenvalue weighted by Crippen LogP contribution is -2.58. The maximum absolute atomic E-state index is 16.0. The zero-order valence-electron chi connectivity index (χ0n) is 27.0. The molecule has 1 heterocycles. The Morgan fingerprint density at radius 2 is 1.71 bits per heavy atom. The van der Waals surface area contributed by atoms with Crippen molar-refractivity contribution in [2.45, 2.75) is 88.6 Å². The number of pyridine rings is 1. The van der Waals surface area contributed by atoms with Gasteiger partial charge in [0.1, 0.15) is 6.04 Å². The lowest BCUT2D eigenvalue weighted by molar-refractivity contribution is -0.156. The average molecular weight is 701 g/mol. The van der Waals surface area contributed by atoms with Crippen molar-refractivity contribution in [1.82, 2.24) is 20.9 Å². The highest BCUT2D eigenvalue weighted by Gasteiger charge is 2.46. The molecule has 3 amide bonds. The maximum atomic E-state index is 16.0. The molecule has 1 saturated carbocycles. The van der Waals surface area contributed by atoms with Crippen LogP contribution in [0.15, 0.2) is 77.7 Å². The summed E-state index contributed by atoms with van der Waals surface area (Å²) >= 11 is 5.99. The summed E-state index contributed by atoms with van der Waals surface area (Å²) in [6, 6.07) is 12.8. The van der Waals surface area contributed by atoms with Crippen LogP contribution in [0.25, 0.3) is 0 Å². The first-order chi connectivity index (χ1) is 23.4. The number of ether oxygens (including phenoxy) is 2. The zero-order chi connectivity index (χ0) is 35.6. The Hall–Kier alpha value is -4.78. The van der Waals surface area contributed by atoms with Gasteiger partial charge >= 0.3 is 18.0 Å². The molecule has 1 aromatic heterocycles. The van der Waals surface area contributed by atoms with Crippen LogP contribution in [0.4, 0.5) is 13.6 Å². The zero-order valence-corrected chi connectivity index (χ0v) is 27.8. The summed E-state index contributed by atoms with van der Waals surface area (Å²) in [7, 11) is 0. The summed E-state index contributed by atoms with van der Waals surface area (Å²) in [5, 5.41) is 7.90. The first kappa shape index (κ1) is 37.0. The third kappa shape index (κ3) is 10.6. The van der Waals surface area contributed by atoms with Crippen molar-refractivity contribution in [1.29, 1.82) is 0 Å². The van der Waals surface area contributed by atoms with Crippen LogP contribution in [-0.2, 0) is 36.2 Å². The van der Waals surface area contributed by atoms with E-state index in [1.165, 1.54) is 48.7 Å². The van der Waals surface area contributed by atoms with Gasteiger partial charge in [-0.05, 0) is 43.0 Å². The van der Waals surface area contributed by atoms with Gasteiger partial charge in [0.2, 0.25) is 5.91 Å². The molecule has 3 aromatic rings. The number of benzene rings is 2. The fraction of sp³-hybridized carbons (Fsp3) is 0.400. The van der Waals surface area contributed by atoms with Gasteiger partial charge in [-0.2, -0.15) is 8.78 Å². The van der Waals surface area contributed by atoms with Gasteiger partial charge in [0.15, 0.2) is 12.2 Å². The molecule has 11 nitrogen and oxygen atoms in total. The van der Waals surface area contributed by atoms with Crippen LogP contribution in [0.2, 0.25) is 5.02 Å². The number of H-pyrrole nitrogens is 1. The monoisotopic (exact) mass is 700 g/mol. The van der Waals surface area contributed by atoms with E-state index >= 15 is 8.78 Å². The van der Waals surface area contributed by atoms with Gasteiger partial charge in [0, 0.05) is 41.7 Å². The standard InChI is InChI=1S/C35H39ClF2N4O7/c1-3-4-15-27(42-34(47)49-30(22-10-6-5-7-11-22)35(37,38)24-13-8-14-25(36)20-24)32(45)41-28(19-23-12-9-18-39-31(23)44)29(48-21(2)43)33(46)40-26-16-17-26/h5-14,18,20,26-30H,3-4,15-17,19H2,1-2H3,(H,39,44)(H,40,46)(H,41,45)(H,42,47)/t27-,28-,29?,30?/m0/s1. The van der Waals surface area contributed by atoms with Gasteiger partial charge in [-0.1, -0.05) is 79.9 Å². The molecule has 1 aliphatic carbocycles. The number of alkyl carbamates (subject to hydrolysis) is 1. The van der Waals surface area contributed by atoms with E-state index in [4.69, 9.17) is 21.1 Å². The number of aromatic nitrogens is 1. The van der Waals surface area contributed by atoms with Gasteiger partial charge in [0.05, 0.1) is 6.04 Å². The molecule has 4 N–H and O–H groups in total. The quantitative estimate of drug-likeness (QED) is 0.152. The van der Waals surface area contributed by atoms with E-state index in [0.29, 0.717) is 12.8 Å². The van der Waals surface area contributed by atoms with E-state index in [9.17, 15) is 24.0 Å². The highest BCUT2D eigenvalue weighted by Crippen LogP contribution is 2.43. The molecule has 2 aromatic carbocycles. The Morgan fingerprint density at radius 3 is 2.35 bits per heavy atom. The highest BCUT2D eigenvalue weighted by molar-refractivity contribution is 6.30. The van der Waals surface area contributed by atoms with Gasteiger partial charge in [-0.25, -0.2) is 4.79 Å². The molecule has 1 fully saturated rings. The van der Waals surface area contributed by atoms with E-state index < -0.39 is 65.2 Å². The van der Waals surface area contributed by atoms with E-state index in [2.05, 4.69) is 20.9 Å². The van der Waals surface area contributed by atoms with E-state index in [0.717, 1.165) is 31.9 Å². The number of carbonyl (C=O) groups excluding carboxylic acids is 4. The highest BCUT2D eigenvalue weighted by atomic mass is 35.5. The van der Waals surface area contributed by atoms with Crippen LogP contribution in [0, 0.1) is 0 Å². The number of aromatic amines is 1. The van der Waals surface area contributed by atoms with Gasteiger partial charge in [0.25, 0.3) is 11.5 Å². The predicted octanol–water partition coefficient (Wildman–Crippen LogP) is 5.08. The van der Waals surface area contributed by atoms with Crippen molar-refractivity contribution in [3.05, 3.63) is 105 Å². The predicted molar refractivity (Wildman–Crippen MR) is 177 cm³/mol. The number of rotatable bonds is 16. The summed E-state index contributed by atoms with van der Waals surface area (Å²) in [6.45, 7) is 2.96. The fourth-order valence-electron chi connectivity index (χ4n) is 5.17. The van der Waals surface area contributed by atoms with Crippen LogP contribution < -0.4 is 21.5 Å². The molecule has 0 radical (unpaired) electrons. The minimum Gasteiger partial charge on any atom is -0.450 e. The van der Waals surface area contributed by atoms with Crippen molar-refractivity contribution in [3.8, 4) is 0 Å². The summed E-state index contributed by atoms with van der Waals surface area (Å²) < 4.78 is 42.7. The van der Waals surface area contributed by atoms with Crippen molar-refractivity contribution in [2.75, 3.05) is 0 Å². The Labute approximate surface area is 287 Å². The summed E-state index contributed by atoms with van der Waals surface area (Å²) in [5.74, 6) is -6.00. The van der Waals surface area contributed by atoms with Gasteiger partial charge in [-0.15, -0.1) is 0 Å². The molecule has 0 saturated heterocycles. The summed E-state index contributed by atoms with van der Waals surface area (Å²) in [6.07, 6.45) is -1.13. The molecular formula is C35H39ClF2N4O7. The first-order valence-corrected chi connectivity index (χ1v) is 16.4. The topological polar surface area (TPSA) is 156 Å². The lowest BCUT2D eigenvalue weighted by atomic mass is 9.97. The minimum atomic E-state index is -3.73. The van der Waals surface area contributed by atoms with E-state index in [-0.39, 0.29) is 35.0 Å². The Balaban J connectivity index is 1.60. The number of amides is 3. The van der Waals surface area contributed by atoms with Crippen LogP contribution >= 0.6 is 11.6 Å². The molecule has 4 rings (SSSR count). The molecule has 2 unspecified atom stereocenters. The van der Waals surface area contributed by atoms with Crippen molar-refractivity contribution in [3.63, 3.8) is 0 Å². The summed E-state index contributed by atoms with van der Waals surface area (Å²) in [4.78, 5) is 67.6. The van der Waals surface area contributed by atoms with Crippen LogP contribution in [-0.4, -0.2) is 53.1 Å². The largest absolute Gasteiger partial charge is 0.450 e. The average Bonchev–Trinajstić information content (AvgIpc) is 3.89. The Bertz CT molecular complexity index is 1670. The molecule has 49 heavy (non-hydrogen) atoms. The SMILES string of the molecule is CCCC[C@H](NC(=O)OC(c1ccccc1)C(F)(F)c1cccc(Cl)c1)C(=O)N[C@@H](Cc1ccc[nH]c1=O)C(OC(C)=O)C(=O)NC1CC1. The third-order valence-electron chi connectivity index (χ3n) is 7.83. The van der Waals surface area contributed by atoms with Crippen molar-refractivity contribution in [2.24, 2.45) is 0 Å². The smallest absolute Gasteiger partial charge is 0.408 e.